The van der Waals surface area contributed by atoms with E-state index >= 15 is 0 Å². The van der Waals surface area contributed by atoms with Crippen LogP contribution in [-0.2, 0) is 17.6 Å². The number of amides is 1. The van der Waals surface area contributed by atoms with Gasteiger partial charge in [-0.1, -0.05) is 29.5 Å². The van der Waals surface area contributed by atoms with Crippen molar-refractivity contribution in [3.05, 3.63) is 80.4 Å². The Morgan fingerprint density at radius 2 is 2.06 bits per heavy atom. The second kappa shape index (κ2) is 10.7. The molecule has 0 fully saturated rings. The minimum absolute atomic E-state index is 0.0668. The molecule has 1 aromatic carbocycles. The first-order chi connectivity index (χ1) is 17.5. The van der Waals surface area contributed by atoms with E-state index in [0.29, 0.717) is 10.9 Å². The molecule has 1 aliphatic carbocycles. The molecule has 0 radical (unpaired) electrons. The first kappa shape index (κ1) is 24.3. The third-order valence-corrected chi connectivity index (χ3v) is 8.08. The molecule has 0 bridgehead atoms. The molecular formula is C27H26N4O3S2. The fraction of sp³-hybridized carbons (Fsp3) is 0.259. The molecule has 0 saturated heterocycles. The molecule has 36 heavy (non-hydrogen) atoms. The van der Waals surface area contributed by atoms with Crippen molar-refractivity contribution in [1.82, 2.24) is 15.0 Å². The van der Waals surface area contributed by atoms with Crippen molar-refractivity contribution in [2.75, 3.05) is 5.75 Å². The van der Waals surface area contributed by atoms with Gasteiger partial charge in [0.05, 0.1) is 29.3 Å². The highest BCUT2D eigenvalue weighted by Crippen LogP contribution is 2.35. The number of benzene rings is 1. The molecule has 3 aromatic heterocycles. The number of fused-ring (bicyclic) bond motifs is 3. The summed E-state index contributed by atoms with van der Waals surface area (Å²) in [5.74, 6) is 0.511. The second-order valence-corrected chi connectivity index (χ2v) is 10.8. The first-order valence-corrected chi connectivity index (χ1v) is 13.6. The van der Waals surface area contributed by atoms with Crippen molar-refractivity contribution in [1.29, 1.82) is 0 Å². The van der Waals surface area contributed by atoms with E-state index < -0.39 is 0 Å². The normalized spacial score (nSPS) is 13.9. The molecule has 3 heterocycles. The Kier molecular flexibility index (Phi) is 7.20. The molecule has 0 spiro atoms. The second-order valence-electron chi connectivity index (χ2n) is 8.75. The van der Waals surface area contributed by atoms with Gasteiger partial charge in [-0.05, 0) is 81.0 Å². The predicted molar refractivity (Wildman–Crippen MR) is 146 cm³/mol. The third-order valence-electron chi connectivity index (χ3n) is 5.95. The van der Waals surface area contributed by atoms with Gasteiger partial charge >= 0.3 is 0 Å². The molecule has 0 unspecified atom stereocenters. The molecule has 184 valence electrons. The van der Waals surface area contributed by atoms with E-state index in [2.05, 4.69) is 10.5 Å². The summed E-state index contributed by atoms with van der Waals surface area (Å²) in [7, 11) is 0. The van der Waals surface area contributed by atoms with Crippen LogP contribution in [0, 0.1) is 6.92 Å². The van der Waals surface area contributed by atoms with E-state index in [1.165, 1.54) is 16.6 Å². The molecule has 1 N–H and O–H groups in total. The summed E-state index contributed by atoms with van der Waals surface area (Å²) < 4.78 is 6.92. The van der Waals surface area contributed by atoms with Crippen LogP contribution in [0.25, 0.3) is 22.0 Å². The van der Waals surface area contributed by atoms with Crippen LogP contribution in [0.3, 0.4) is 0 Å². The Labute approximate surface area is 216 Å². The van der Waals surface area contributed by atoms with Crippen molar-refractivity contribution in [3.8, 4) is 5.69 Å². The Bertz CT molecular complexity index is 1510. The van der Waals surface area contributed by atoms with Gasteiger partial charge in [0, 0.05) is 4.88 Å². The maximum absolute atomic E-state index is 13.8. The van der Waals surface area contributed by atoms with Crippen molar-refractivity contribution < 1.29 is 9.21 Å². The Hall–Kier alpha value is -3.43. The van der Waals surface area contributed by atoms with Crippen LogP contribution >= 0.6 is 23.1 Å². The van der Waals surface area contributed by atoms with Crippen LogP contribution in [0.5, 0.6) is 0 Å². The predicted octanol–water partition coefficient (Wildman–Crippen LogP) is 5.53. The molecule has 5 rings (SSSR count). The summed E-state index contributed by atoms with van der Waals surface area (Å²) in [6.07, 6.45) is 9.14. The molecule has 7 nitrogen and oxygen atoms in total. The Balaban J connectivity index is 1.39. The van der Waals surface area contributed by atoms with E-state index in [4.69, 9.17) is 9.40 Å². The van der Waals surface area contributed by atoms with Gasteiger partial charge in [-0.2, -0.15) is 5.10 Å². The lowest BCUT2D eigenvalue weighted by atomic mass is 9.97. The molecule has 9 heteroatoms. The van der Waals surface area contributed by atoms with Gasteiger partial charge in [0.2, 0.25) is 0 Å². The number of hydrazone groups is 1. The Morgan fingerprint density at radius 3 is 2.83 bits per heavy atom. The van der Waals surface area contributed by atoms with E-state index in [1.54, 1.807) is 28.4 Å². The SMILES string of the molecule is CC(/C=N\NC(=O)CSc1nc2sc3c(c2c(=O)n1-c1ccc(C)cc1)CCCC3)=C\c1ccco1. The summed E-state index contributed by atoms with van der Waals surface area (Å²) in [5.41, 5.74) is 6.32. The van der Waals surface area contributed by atoms with Crippen LogP contribution in [0.15, 0.2) is 67.7 Å². The standard InChI is InChI=1S/C27H26N4O3S2/c1-17-9-11-19(12-10-17)31-26(33)24-21-7-3-4-8-22(21)36-25(24)29-27(31)35-16-23(32)30-28-15-18(2)14-20-6-5-13-34-20/h5-6,9-15H,3-4,7-8,16H2,1-2H3,(H,30,32)/b18-14+,28-15-. The number of rotatable bonds is 7. The van der Waals surface area contributed by atoms with E-state index in [0.717, 1.165) is 58.3 Å². The van der Waals surface area contributed by atoms with Gasteiger partial charge in [-0.25, -0.2) is 10.4 Å². The number of aryl methyl sites for hydroxylation is 3. The zero-order chi connectivity index (χ0) is 25.1. The number of thiophene rings is 1. The average Bonchev–Trinajstić information content (AvgIpc) is 3.51. The number of carbonyl (C=O) groups is 1. The van der Waals surface area contributed by atoms with Gasteiger partial charge in [0.1, 0.15) is 10.6 Å². The minimum atomic E-state index is -0.280. The average molecular weight is 519 g/mol. The molecular weight excluding hydrogens is 492 g/mol. The highest BCUT2D eigenvalue weighted by atomic mass is 32.2. The van der Waals surface area contributed by atoms with Crippen molar-refractivity contribution >= 4 is 51.5 Å². The van der Waals surface area contributed by atoms with Gasteiger partial charge in [-0.3, -0.25) is 14.2 Å². The Morgan fingerprint density at radius 1 is 1.25 bits per heavy atom. The number of furan rings is 1. The molecule has 0 saturated carbocycles. The van der Waals surface area contributed by atoms with E-state index in [1.807, 2.05) is 56.3 Å². The smallest absolute Gasteiger partial charge is 0.267 e. The van der Waals surface area contributed by atoms with Gasteiger partial charge in [0.25, 0.3) is 11.5 Å². The lowest BCUT2D eigenvalue weighted by Gasteiger charge is -2.13. The summed E-state index contributed by atoms with van der Waals surface area (Å²) in [4.78, 5) is 33.2. The van der Waals surface area contributed by atoms with E-state index in [9.17, 15) is 9.59 Å². The number of hydrogen-bond donors (Lipinski definition) is 1. The highest BCUT2D eigenvalue weighted by Gasteiger charge is 2.23. The monoisotopic (exact) mass is 518 g/mol. The van der Waals surface area contributed by atoms with Crippen molar-refractivity contribution in [3.63, 3.8) is 0 Å². The lowest BCUT2D eigenvalue weighted by Crippen LogP contribution is -2.24. The quantitative estimate of drug-likeness (QED) is 0.150. The fourth-order valence-electron chi connectivity index (χ4n) is 4.21. The number of aromatic nitrogens is 2. The maximum atomic E-state index is 13.8. The number of nitrogens with one attached hydrogen (secondary N) is 1. The number of carbonyl (C=O) groups excluding carboxylic acids is 1. The number of nitrogens with zero attached hydrogens (tertiary/aromatic N) is 3. The van der Waals surface area contributed by atoms with Crippen LogP contribution in [0.1, 0.15) is 41.5 Å². The summed E-state index contributed by atoms with van der Waals surface area (Å²) in [5, 5.41) is 5.26. The zero-order valence-electron chi connectivity index (χ0n) is 20.1. The number of thioether (sulfide) groups is 1. The van der Waals surface area contributed by atoms with Crippen LogP contribution < -0.4 is 11.0 Å². The van der Waals surface area contributed by atoms with Crippen LogP contribution in [0.4, 0.5) is 0 Å². The zero-order valence-corrected chi connectivity index (χ0v) is 21.7. The van der Waals surface area contributed by atoms with E-state index in [-0.39, 0.29) is 17.2 Å². The molecule has 0 aliphatic heterocycles. The molecule has 0 atom stereocenters. The summed E-state index contributed by atoms with van der Waals surface area (Å²) in [6.45, 7) is 3.88. The molecule has 4 aromatic rings. The fourth-order valence-corrected chi connectivity index (χ4v) is 6.32. The van der Waals surface area contributed by atoms with Crippen LogP contribution in [-0.4, -0.2) is 27.4 Å². The van der Waals surface area contributed by atoms with Gasteiger partial charge in [0.15, 0.2) is 5.16 Å². The molecule has 1 amide bonds. The lowest BCUT2D eigenvalue weighted by molar-refractivity contribution is -0.118. The molecule has 1 aliphatic rings. The number of hydrogen-bond acceptors (Lipinski definition) is 7. The largest absolute Gasteiger partial charge is 0.465 e. The first-order valence-electron chi connectivity index (χ1n) is 11.8. The highest BCUT2D eigenvalue weighted by molar-refractivity contribution is 7.99. The summed E-state index contributed by atoms with van der Waals surface area (Å²) >= 11 is 2.85. The topological polar surface area (TPSA) is 89.5 Å². The maximum Gasteiger partial charge on any atom is 0.267 e. The third kappa shape index (κ3) is 5.22. The number of allylic oxidation sites excluding steroid dienone is 1. The van der Waals surface area contributed by atoms with Gasteiger partial charge < -0.3 is 4.42 Å². The van der Waals surface area contributed by atoms with Crippen molar-refractivity contribution in [2.24, 2.45) is 5.10 Å². The van der Waals surface area contributed by atoms with Gasteiger partial charge in [-0.15, -0.1) is 11.3 Å². The van der Waals surface area contributed by atoms with Crippen molar-refractivity contribution in [2.45, 2.75) is 44.7 Å². The minimum Gasteiger partial charge on any atom is -0.465 e. The van der Waals surface area contributed by atoms with Crippen LogP contribution in [0.2, 0.25) is 0 Å². The summed E-state index contributed by atoms with van der Waals surface area (Å²) in [6, 6.07) is 11.4.